The largest absolute Gasteiger partial charge is 0.481 e. The summed E-state index contributed by atoms with van der Waals surface area (Å²) in [5.74, 6) is 0.884. The lowest BCUT2D eigenvalue weighted by atomic mass is 9.64. The van der Waals surface area contributed by atoms with Crippen molar-refractivity contribution in [3.05, 3.63) is 66.2 Å². The molecule has 0 radical (unpaired) electrons. The fourth-order valence-corrected chi connectivity index (χ4v) is 12.1. The van der Waals surface area contributed by atoms with E-state index in [1.54, 1.807) is 5.19 Å². The van der Waals surface area contributed by atoms with Crippen molar-refractivity contribution < 1.29 is 9.90 Å². The maximum atomic E-state index is 12.3. The van der Waals surface area contributed by atoms with Crippen LogP contribution in [0.15, 0.2) is 60.7 Å². The summed E-state index contributed by atoms with van der Waals surface area (Å²) in [6, 6.07) is 25.8. The van der Waals surface area contributed by atoms with E-state index < -0.39 is 19.5 Å². The molecule has 2 aliphatic rings. The number of rotatable bonds is 8. The molecule has 0 atom stereocenters. The van der Waals surface area contributed by atoms with Gasteiger partial charge in [0.15, 0.2) is 0 Å². The number of carbonyl (C=O) groups is 1. The first kappa shape index (κ1) is 23.3. The van der Waals surface area contributed by atoms with Crippen LogP contribution in [0.4, 0.5) is 0 Å². The van der Waals surface area contributed by atoms with Crippen molar-refractivity contribution >= 4 is 19.2 Å². The maximum absolute atomic E-state index is 12.3. The summed E-state index contributed by atoms with van der Waals surface area (Å²) in [6.07, 6.45) is 10.5. The summed E-state index contributed by atoms with van der Waals surface area (Å²) in [7, 11) is -1.39. The maximum Gasteiger partial charge on any atom is 0.314 e. The molecule has 0 spiro atoms. The van der Waals surface area contributed by atoms with Crippen LogP contribution >= 0.6 is 0 Å². The lowest BCUT2D eigenvalue weighted by Crippen LogP contribution is -2.51. The average Bonchev–Trinajstić information content (AvgIpc) is 2.86. The fraction of sp³-hybridized carbons (Fsp3) is 0.552. The van der Waals surface area contributed by atoms with Gasteiger partial charge in [0, 0.05) is 0 Å². The highest BCUT2D eigenvalue weighted by Crippen LogP contribution is 2.48. The Bertz CT molecular complexity index is 847. The standard InChI is InChI=1S/C29H40O2Si/c1-2-3-10-21-32(27-13-8-5-9-14-27)22-17-25(18-23-32)24-15-19-29(20-16-24,28(30)31)26-11-6-4-7-12-26/h4-9,11-14,24-25H,2-3,10,15-23H2,1H3,(H,30,31). The number of carboxylic acids is 1. The molecule has 2 aromatic carbocycles. The van der Waals surface area contributed by atoms with Crippen LogP contribution in [0.3, 0.4) is 0 Å². The predicted molar refractivity (Wildman–Crippen MR) is 136 cm³/mol. The van der Waals surface area contributed by atoms with Crippen molar-refractivity contribution in [2.45, 2.75) is 88.3 Å². The molecule has 1 saturated heterocycles. The molecule has 172 valence electrons. The van der Waals surface area contributed by atoms with Crippen molar-refractivity contribution in [2.24, 2.45) is 11.8 Å². The summed E-state index contributed by atoms with van der Waals surface area (Å²) < 4.78 is 0. The van der Waals surface area contributed by atoms with Crippen molar-refractivity contribution in [3.8, 4) is 0 Å². The third kappa shape index (κ3) is 4.73. The molecule has 32 heavy (non-hydrogen) atoms. The van der Waals surface area contributed by atoms with E-state index in [1.165, 1.54) is 50.2 Å². The molecule has 0 unspecified atom stereocenters. The van der Waals surface area contributed by atoms with Crippen molar-refractivity contribution in [1.29, 1.82) is 0 Å². The molecule has 1 N–H and O–H groups in total. The molecule has 2 nitrogen and oxygen atoms in total. The highest BCUT2D eigenvalue weighted by Gasteiger charge is 2.46. The molecule has 1 aliphatic heterocycles. The van der Waals surface area contributed by atoms with Gasteiger partial charge in [-0.25, -0.2) is 0 Å². The van der Waals surface area contributed by atoms with Gasteiger partial charge in [0.05, 0.1) is 13.5 Å². The molecule has 1 aliphatic carbocycles. The Morgan fingerprint density at radius 1 is 0.875 bits per heavy atom. The lowest BCUT2D eigenvalue weighted by Gasteiger charge is -2.45. The third-order valence-electron chi connectivity index (χ3n) is 8.92. The van der Waals surface area contributed by atoms with Gasteiger partial charge in [0.25, 0.3) is 0 Å². The van der Waals surface area contributed by atoms with Gasteiger partial charge >= 0.3 is 5.97 Å². The van der Waals surface area contributed by atoms with Crippen LogP contribution in [-0.2, 0) is 10.2 Å². The lowest BCUT2D eigenvalue weighted by molar-refractivity contribution is -0.145. The van der Waals surface area contributed by atoms with Gasteiger partial charge in [-0.2, -0.15) is 0 Å². The van der Waals surface area contributed by atoms with Gasteiger partial charge in [0.2, 0.25) is 0 Å². The van der Waals surface area contributed by atoms with Crippen LogP contribution in [0.5, 0.6) is 0 Å². The van der Waals surface area contributed by atoms with Gasteiger partial charge in [0.1, 0.15) is 0 Å². The van der Waals surface area contributed by atoms with E-state index in [9.17, 15) is 9.90 Å². The normalized spacial score (nSPS) is 30.7. The molecule has 2 aromatic rings. The molecule has 4 rings (SSSR count). The first-order valence-corrected chi connectivity index (χ1v) is 15.6. The number of aliphatic carboxylic acids is 1. The molecule has 1 saturated carbocycles. The number of hydrogen-bond acceptors (Lipinski definition) is 1. The monoisotopic (exact) mass is 448 g/mol. The highest BCUT2D eigenvalue weighted by molar-refractivity contribution is 6.92. The van der Waals surface area contributed by atoms with Crippen LogP contribution in [0.2, 0.25) is 18.1 Å². The molecule has 2 fully saturated rings. The van der Waals surface area contributed by atoms with E-state index in [0.717, 1.165) is 37.2 Å². The van der Waals surface area contributed by atoms with E-state index >= 15 is 0 Å². The van der Waals surface area contributed by atoms with E-state index in [-0.39, 0.29) is 0 Å². The van der Waals surface area contributed by atoms with Crippen LogP contribution in [0.1, 0.15) is 70.3 Å². The summed E-state index contributed by atoms with van der Waals surface area (Å²) in [6.45, 7) is 2.31. The van der Waals surface area contributed by atoms with Gasteiger partial charge in [-0.1, -0.05) is 123 Å². The van der Waals surface area contributed by atoms with Gasteiger partial charge in [-0.05, 0) is 43.1 Å². The minimum Gasteiger partial charge on any atom is -0.481 e. The zero-order chi connectivity index (χ0) is 22.4. The number of hydrogen-bond donors (Lipinski definition) is 1. The first-order valence-electron chi connectivity index (χ1n) is 12.9. The molecule has 1 heterocycles. The Labute approximate surface area is 195 Å². The van der Waals surface area contributed by atoms with E-state index in [0.29, 0.717) is 5.92 Å². The predicted octanol–water partition coefficient (Wildman–Crippen LogP) is 7.16. The fourth-order valence-electron chi connectivity index (χ4n) is 6.84. The summed E-state index contributed by atoms with van der Waals surface area (Å²) >= 11 is 0. The van der Waals surface area contributed by atoms with E-state index in [1.807, 2.05) is 30.3 Å². The van der Waals surface area contributed by atoms with Crippen LogP contribution < -0.4 is 5.19 Å². The Kier molecular flexibility index (Phi) is 7.55. The smallest absolute Gasteiger partial charge is 0.314 e. The molecule has 3 heteroatoms. The van der Waals surface area contributed by atoms with E-state index in [4.69, 9.17) is 0 Å². The molecular formula is C29H40O2Si. The summed E-state index contributed by atoms with van der Waals surface area (Å²) in [5, 5.41) is 11.8. The second kappa shape index (κ2) is 10.4. The van der Waals surface area contributed by atoms with Crippen LogP contribution in [0, 0.1) is 11.8 Å². The second-order valence-corrected chi connectivity index (χ2v) is 15.2. The second-order valence-electron chi connectivity index (χ2n) is 10.5. The average molecular weight is 449 g/mol. The third-order valence-corrected chi connectivity index (χ3v) is 14.3. The molecular weight excluding hydrogens is 408 g/mol. The Balaban J connectivity index is 1.41. The van der Waals surface area contributed by atoms with E-state index in [2.05, 4.69) is 37.3 Å². The zero-order valence-corrected chi connectivity index (χ0v) is 20.8. The molecule has 0 bridgehead atoms. The minimum atomic E-state index is -1.39. The quantitative estimate of drug-likeness (QED) is 0.344. The van der Waals surface area contributed by atoms with Crippen LogP contribution in [-0.4, -0.2) is 19.1 Å². The van der Waals surface area contributed by atoms with Gasteiger partial charge in [-0.3, -0.25) is 4.79 Å². The van der Waals surface area contributed by atoms with Gasteiger partial charge < -0.3 is 5.11 Å². The first-order chi connectivity index (χ1) is 15.6. The highest BCUT2D eigenvalue weighted by atomic mass is 28.3. The topological polar surface area (TPSA) is 37.3 Å². The number of benzene rings is 2. The Morgan fingerprint density at radius 3 is 2.00 bits per heavy atom. The SMILES string of the molecule is CCCCC[Si]1(c2ccccc2)CCC(C2CCC(C(=O)O)(c3ccccc3)CC2)CC1. The summed E-state index contributed by atoms with van der Waals surface area (Å²) in [4.78, 5) is 12.3. The molecule has 0 amide bonds. The summed E-state index contributed by atoms with van der Waals surface area (Å²) in [5.41, 5.74) is 0.329. The number of unbranched alkanes of at least 4 members (excludes halogenated alkanes) is 2. The Morgan fingerprint density at radius 2 is 1.44 bits per heavy atom. The Hall–Kier alpha value is -1.87. The molecule has 0 aromatic heterocycles. The zero-order valence-electron chi connectivity index (χ0n) is 19.8. The van der Waals surface area contributed by atoms with Crippen molar-refractivity contribution in [2.75, 3.05) is 0 Å². The van der Waals surface area contributed by atoms with Crippen molar-refractivity contribution in [1.82, 2.24) is 0 Å². The van der Waals surface area contributed by atoms with Gasteiger partial charge in [-0.15, -0.1) is 0 Å². The van der Waals surface area contributed by atoms with Crippen molar-refractivity contribution in [3.63, 3.8) is 0 Å². The number of carboxylic acid groups (broad SMARTS) is 1. The minimum absolute atomic E-state index is 0.628. The van der Waals surface area contributed by atoms with Crippen LogP contribution in [0.25, 0.3) is 0 Å².